The molecular formula is C17H18N2O2. The largest absolute Gasteiger partial charge is 0.462 e. The van der Waals surface area contributed by atoms with E-state index in [1.165, 1.54) is 0 Å². The van der Waals surface area contributed by atoms with Crippen molar-refractivity contribution in [3.63, 3.8) is 0 Å². The molecule has 21 heavy (non-hydrogen) atoms. The molecule has 0 heterocycles. The molecule has 0 unspecified atom stereocenters. The summed E-state index contributed by atoms with van der Waals surface area (Å²) in [6.07, 6.45) is 1.74. The highest BCUT2D eigenvalue weighted by atomic mass is 16.5. The van der Waals surface area contributed by atoms with Gasteiger partial charge >= 0.3 is 5.97 Å². The molecule has 0 fully saturated rings. The minimum atomic E-state index is -0.311. The molecule has 0 atom stereocenters. The normalized spacial score (nSPS) is 10.6. The Morgan fingerprint density at radius 2 is 1.81 bits per heavy atom. The first-order chi connectivity index (χ1) is 10.2. The van der Waals surface area contributed by atoms with Crippen LogP contribution in [0.15, 0.2) is 59.6 Å². The van der Waals surface area contributed by atoms with Gasteiger partial charge in [0.15, 0.2) is 0 Å². The van der Waals surface area contributed by atoms with Crippen LogP contribution < -0.4 is 4.90 Å². The maximum atomic E-state index is 11.5. The highest BCUT2D eigenvalue weighted by molar-refractivity contribution is 5.90. The average Bonchev–Trinajstić information content (AvgIpc) is 2.54. The molecule has 0 aromatic heterocycles. The molecule has 0 N–H and O–H groups in total. The van der Waals surface area contributed by atoms with Crippen LogP contribution in [0.3, 0.4) is 0 Å². The molecule has 0 bridgehead atoms. The number of anilines is 1. The first kappa shape index (κ1) is 14.8. The Kier molecular flexibility index (Phi) is 5.10. The van der Waals surface area contributed by atoms with Crippen molar-refractivity contribution < 1.29 is 9.53 Å². The molecule has 0 spiro atoms. The molecule has 0 amide bonds. The SMILES string of the molecule is CCOC(=O)c1ccc(/N=C/N(C)c2ccccc2)cc1. The van der Waals surface area contributed by atoms with Crippen LogP contribution in [-0.2, 0) is 4.74 Å². The van der Waals surface area contributed by atoms with Crippen molar-refractivity contribution in [1.82, 2.24) is 0 Å². The van der Waals surface area contributed by atoms with Gasteiger partial charge in [-0.1, -0.05) is 18.2 Å². The van der Waals surface area contributed by atoms with Crippen LogP contribution >= 0.6 is 0 Å². The highest BCUT2D eigenvalue weighted by Gasteiger charge is 2.05. The van der Waals surface area contributed by atoms with Crippen LogP contribution in [0.25, 0.3) is 0 Å². The van der Waals surface area contributed by atoms with E-state index in [-0.39, 0.29) is 5.97 Å². The summed E-state index contributed by atoms with van der Waals surface area (Å²) in [5, 5.41) is 0. The van der Waals surface area contributed by atoms with Crippen molar-refractivity contribution in [2.45, 2.75) is 6.92 Å². The van der Waals surface area contributed by atoms with E-state index in [4.69, 9.17) is 4.74 Å². The number of carbonyl (C=O) groups excluding carboxylic acids is 1. The molecule has 0 aliphatic carbocycles. The van der Waals surface area contributed by atoms with E-state index < -0.39 is 0 Å². The van der Waals surface area contributed by atoms with Gasteiger partial charge in [-0.25, -0.2) is 9.79 Å². The van der Waals surface area contributed by atoms with Gasteiger partial charge < -0.3 is 9.64 Å². The van der Waals surface area contributed by atoms with Gasteiger partial charge in [0, 0.05) is 12.7 Å². The second-order valence-electron chi connectivity index (χ2n) is 4.46. The summed E-state index contributed by atoms with van der Waals surface area (Å²) in [4.78, 5) is 17.8. The number of carbonyl (C=O) groups is 1. The average molecular weight is 282 g/mol. The van der Waals surface area contributed by atoms with Crippen molar-refractivity contribution >= 4 is 23.7 Å². The zero-order valence-electron chi connectivity index (χ0n) is 12.2. The summed E-state index contributed by atoms with van der Waals surface area (Å²) < 4.78 is 4.94. The van der Waals surface area contributed by atoms with Crippen LogP contribution in [0.4, 0.5) is 11.4 Å². The lowest BCUT2D eigenvalue weighted by Gasteiger charge is -2.12. The lowest BCUT2D eigenvalue weighted by Crippen LogP contribution is -2.13. The fourth-order valence-electron chi connectivity index (χ4n) is 1.78. The third kappa shape index (κ3) is 4.18. The van der Waals surface area contributed by atoms with E-state index in [1.54, 1.807) is 37.5 Å². The molecule has 0 saturated carbocycles. The van der Waals surface area contributed by atoms with Gasteiger partial charge in [-0.15, -0.1) is 0 Å². The molecule has 0 saturated heterocycles. The van der Waals surface area contributed by atoms with Crippen LogP contribution in [-0.4, -0.2) is 26.0 Å². The van der Waals surface area contributed by atoms with Gasteiger partial charge in [-0.3, -0.25) is 0 Å². The number of hydrogen-bond acceptors (Lipinski definition) is 3. The maximum Gasteiger partial charge on any atom is 0.338 e. The summed E-state index contributed by atoms with van der Waals surface area (Å²) >= 11 is 0. The second-order valence-corrected chi connectivity index (χ2v) is 4.46. The Morgan fingerprint density at radius 1 is 1.14 bits per heavy atom. The van der Waals surface area contributed by atoms with E-state index in [0.717, 1.165) is 11.4 Å². The first-order valence-corrected chi connectivity index (χ1v) is 6.80. The zero-order chi connectivity index (χ0) is 15.1. The van der Waals surface area contributed by atoms with Gasteiger partial charge in [0.2, 0.25) is 0 Å². The molecule has 2 aromatic rings. The number of hydrogen-bond donors (Lipinski definition) is 0. The van der Waals surface area contributed by atoms with Crippen LogP contribution in [0.2, 0.25) is 0 Å². The third-order valence-corrected chi connectivity index (χ3v) is 2.92. The van der Waals surface area contributed by atoms with Crippen molar-refractivity contribution in [1.29, 1.82) is 0 Å². The Balaban J connectivity index is 2.03. The lowest BCUT2D eigenvalue weighted by atomic mass is 10.2. The van der Waals surface area contributed by atoms with E-state index in [2.05, 4.69) is 4.99 Å². The molecule has 0 aliphatic heterocycles. The van der Waals surface area contributed by atoms with Crippen molar-refractivity contribution in [2.24, 2.45) is 4.99 Å². The fourth-order valence-corrected chi connectivity index (χ4v) is 1.78. The van der Waals surface area contributed by atoms with Crippen molar-refractivity contribution in [3.8, 4) is 0 Å². The van der Waals surface area contributed by atoms with E-state index >= 15 is 0 Å². The third-order valence-electron chi connectivity index (χ3n) is 2.92. The van der Waals surface area contributed by atoms with Gasteiger partial charge in [-0.2, -0.15) is 0 Å². The fraction of sp³-hybridized carbons (Fsp3) is 0.176. The molecule has 0 aliphatic rings. The molecule has 108 valence electrons. The number of benzene rings is 2. The summed E-state index contributed by atoms with van der Waals surface area (Å²) in [6, 6.07) is 17.0. The monoisotopic (exact) mass is 282 g/mol. The highest BCUT2D eigenvalue weighted by Crippen LogP contribution is 2.15. The Hall–Kier alpha value is -2.62. The second kappa shape index (κ2) is 7.24. The van der Waals surface area contributed by atoms with E-state index in [9.17, 15) is 4.79 Å². The number of rotatable bonds is 5. The molecule has 4 heteroatoms. The number of ether oxygens (including phenoxy) is 1. The Bertz CT molecular complexity index is 606. The first-order valence-electron chi connectivity index (χ1n) is 6.80. The molecule has 0 radical (unpaired) electrons. The zero-order valence-corrected chi connectivity index (χ0v) is 12.2. The topological polar surface area (TPSA) is 41.9 Å². The Morgan fingerprint density at radius 3 is 2.43 bits per heavy atom. The summed E-state index contributed by atoms with van der Waals surface area (Å²) in [5.41, 5.74) is 2.38. The standard InChI is InChI=1S/C17H18N2O2/c1-3-21-17(20)14-9-11-15(12-10-14)18-13-19(2)16-7-5-4-6-8-16/h4-13H,3H2,1-2H3/b18-13+. The van der Waals surface area contributed by atoms with E-state index in [1.807, 2.05) is 42.3 Å². The number of para-hydroxylation sites is 1. The Labute approximate surface area is 124 Å². The minimum Gasteiger partial charge on any atom is -0.462 e. The molecule has 4 nitrogen and oxygen atoms in total. The van der Waals surface area contributed by atoms with Crippen molar-refractivity contribution in [3.05, 3.63) is 60.2 Å². The number of nitrogens with zero attached hydrogens (tertiary/aromatic N) is 2. The number of aliphatic imine (C=N–C) groups is 1. The predicted molar refractivity (Wildman–Crippen MR) is 85.4 cm³/mol. The predicted octanol–water partition coefficient (Wildman–Crippen LogP) is 3.66. The number of esters is 1. The smallest absolute Gasteiger partial charge is 0.338 e. The van der Waals surface area contributed by atoms with Gasteiger partial charge in [0.25, 0.3) is 0 Å². The van der Waals surface area contributed by atoms with Crippen LogP contribution in [0.5, 0.6) is 0 Å². The van der Waals surface area contributed by atoms with Gasteiger partial charge in [-0.05, 0) is 43.3 Å². The summed E-state index contributed by atoms with van der Waals surface area (Å²) in [5.74, 6) is -0.311. The lowest BCUT2D eigenvalue weighted by molar-refractivity contribution is 0.0526. The molecular weight excluding hydrogens is 264 g/mol. The summed E-state index contributed by atoms with van der Waals surface area (Å²) in [6.45, 7) is 2.16. The van der Waals surface area contributed by atoms with Gasteiger partial charge in [0.1, 0.15) is 0 Å². The van der Waals surface area contributed by atoms with Crippen LogP contribution in [0, 0.1) is 0 Å². The maximum absolute atomic E-state index is 11.5. The quantitative estimate of drug-likeness (QED) is 0.477. The van der Waals surface area contributed by atoms with Crippen molar-refractivity contribution in [2.75, 3.05) is 18.6 Å². The van der Waals surface area contributed by atoms with Gasteiger partial charge in [0.05, 0.1) is 24.2 Å². The molecule has 2 rings (SSSR count). The minimum absolute atomic E-state index is 0.311. The summed E-state index contributed by atoms with van der Waals surface area (Å²) in [7, 11) is 1.94. The molecule has 2 aromatic carbocycles. The van der Waals surface area contributed by atoms with Crippen LogP contribution in [0.1, 0.15) is 17.3 Å². The van der Waals surface area contributed by atoms with E-state index in [0.29, 0.717) is 12.2 Å².